The zero-order valence-electron chi connectivity index (χ0n) is 13.2. The zero-order chi connectivity index (χ0) is 15.2. The van der Waals surface area contributed by atoms with Gasteiger partial charge < -0.3 is 14.6 Å². The van der Waals surface area contributed by atoms with Crippen molar-refractivity contribution in [2.75, 3.05) is 46.9 Å². The van der Waals surface area contributed by atoms with Crippen LogP contribution in [-0.4, -0.2) is 68.1 Å². The normalized spacial score (nSPS) is 17.5. The largest absolute Gasteiger partial charge is 0.508 e. The molecule has 1 heterocycles. The third-order valence-electron chi connectivity index (χ3n) is 4.03. The lowest BCUT2D eigenvalue weighted by molar-refractivity contribution is -0.119. The molecule has 0 radical (unpaired) electrons. The molecule has 1 aliphatic heterocycles. The van der Waals surface area contributed by atoms with E-state index in [1.54, 1.807) is 20.3 Å². The van der Waals surface area contributed by atoms with Crippen molar-refractivity contribution in [3.05, 3.63) is 29.3 Å². The molecule has 0 unspecified atom stereocenters. The molecule has 0 aliphatic carbocycles. The molecule has 5 nitrogen and oxygen atoms in total. The van der Waals surface area contributed by atoms with E-state index in [4.69, 9.17) is 9.47 Å². The smallest absolute Gasteiger partial charge is 0.169 e. The van der Waals surface area contributed by atoms with E-state index < -0.39 is 0 Å². The summed E-state index contributed by atoms with van der Waals surface area (Å²) in [6.07, 6.45) is -0.155. The molecule has 1 saturated heterocycles. The highest BCUT2D eigenvalue weighted by molar-refractivity contribution is 5.35. The second-order valence-electron chi connectivity index (χ2n) is 5.61. The predicted octanol–water partition coefficient (Wildman–Crippen LogP) is 1.44. The molecule has 5 heteroatoms. The van der Waals surface area contributed by atoms with Crippen LogP contribution >= 0.6 is 0 Å². The van der Waals surface area contributed by atoms with Gasteiger partial charge in [-0.15, -0.1) is 0 Å². The monoisotopic (exact) mass is 294 g/mol. The molecule has 1 aromatic carbocycles. The van der Waals surface area contributed by atoms with E-state index in [0.29, 0.717) is 5.75 Å². The number of phenolic OH excluding ortho intramolecular Hbond substituents is 1. The average molecular weight is 294 g/mol. The Balaban J connectivity index is 1.82. The fraction of sp³-hybridized carbons (Fsp3) is 0.625. The number of ether oxygens (including phenoxy) is 2. The van der Waals surface area contributed by atoms with Gasteiger partial charge in [0, 0.05) is 59.1 Å². The Morgan fingerprint density at radius 2 is 1.71 bits per heavy atom. The van der Waals surface area contributed by atoms with Crippen molar-refractivity contribution in [1.82, 2.24) is 9.80 Å². The minimum Gasteiger partial charge on any atom is -0.508 e. The van der Waals surface area contributed by atoms with Crippen LogP contribution in [0.3, 0.4) is 0 Å². The van der Waals surface area contributed by atoms with Crippen LogP contribution in [0.4, 0.5) is 0 Å². The van der Waals surface area contributed by atoms with Crippen LogP contribution in [0.1, 0.15) is 11.1 Å². The number of aromatic hydroxyl groups is 1. The molecule has 0 atom stereocenters. The maximum Gasteiger partial charge on any atom is 0.169 e. The summed E-state index contributed by atoms with van der Waals surface area (Å²) in [6, 6.07) is 5.78. The Labute approximate surface area is 127 Å². The van der Waals surface area contributed by atoms with Crippen LogP contribution in [0.5, 0.6) is 5.75 Å². The van der Waals surface area contributed by atoms with Gasteiger partial charge in [-0.3, -0.25) is 9.80 Å². The number of rotatable bonds is 6. The highest BCUT2D eigenvalue weighted by atomic mass is 16.7. The summed E-state index contributed by atoms with van der Waals surface area (Å²) in [6.45, 7) is 7.64. The van der Waals surface area contributed by atoms with Crippen molar-refractivity contribution in [2.45, 2.75) is 19.8 Å². The lowest BCUT2D eigenvalue weighted by atomic mass is 10.1. The van der Waals surface area contributed by atoms with E-state index >= 15 is 0 Å². The minimum atomic E-state index is -0.155. The second-order valence-corrected chi connectivity index (χ2v) is 5.61. The van der Waals surface area contributed by atoms with Crippen molar-refractivity contribution < 1.29 is 14.6 Å². The quantitative estimate of drug-likeness (QED) is 0.804. The first kappa shape index (κ1) is 16.2. The summed E-state index contributed by atoms with van der Waals surface area (Å²) < 4.78 is 10.5. The summed E-state index contributed by atoms with van der Waals surface area (Å²) in [5.41, 5.74) is 2.19. The second kappa shape index (κ2) is 7.75. The molecule has 0 saturated carbocycles. The topological polar surface area (TPSA) is 45.2 Å². The lowest BCUT2D eigenvalue weighted by Crippen LogP contribution is -2.48. The first-order valence-electron chi connectivity index (χ1n) is 7.41. The van der Waals surface area contributed by atoms with E-state index in [-0.39, 0.29) is 6.29 Å². The van der Waals surface area contributed by atoms with Gasteiger partial charge in [0.05, 0.1) is 0 Å². The molecule has 1 fully saturated rings. The van der Waals surface area contributed by atoms with Gasteiger partial charge in [0.1, 0.15) is 5.75 Å². The maximum atomic E-state index is 9.93. The Morgan fingerprint density at radius 1 is 1.10 bits per heavy atom. The first-order valence-corrected chi connectivity index (χ1v) is 7.41. The Kier molecular flexibility index (Phi) is 5.99. The molecule has 0 spiro atoms. The highest BCUT2D eigenvalue weighted by Crippen LogP contribution is 2.20. The van der Waals surface area contributed by atoms with E-state index in [0.717, 1.165) is 44.8 Å². The van der Waals surface area contributed by atoms with Crippen molar-refractivity contribution in [1.29, 1.82) is 0 Å². The van der Waals surface area contributed by atoms with Gasteiger partial charge in [-0.2, -0.15) is 0 Å². The number of phenols is 1. The molecule has 21 heavy (non-hydrogen) atoms. The number of piperazine rings is 1. The standard InChI is InChI=1S/C16H26N2O3/c1-13-4-5-15(19)14(10-13)11-17-6-8-18(9-7-17)12-16(20-2)21-3/h4-5,10,16,19H,6-9,11-12H2,1-3H3. The van der Waals surface area contributed by atoms with Crippen LogP contribution in [0.25, 0.3) is 0 Å². The van der Waals surface area contributed by atoms with Gasteiger partial charge in [0.25, 0.3) is 0 Å². The Hall–Kier alpha value is -1.14. The number of benzene rings is 1. The van der Waals surface area contributed by atoms with Gasteiger partial charge in [-0.1, -0.05) is 17.7 Å². The van der Waals surface area contributed by atoms with Gasteiger partial charge >= 0.3 is 0 Å². The van der Waals surface area contributed by atoms with Crippen molar-refractivity contribution in [2.24, 2.45) is 0 Å². The Morgan fingerprint density at radius 3 is 2.33 bits per heavy atom. The first-order chi connectivity index (χ1) is 10.1. The van der Waals surface area contributed by atoms with Gasteiger partial charge in [-0.25, -0.2) is 0 Å². The third-order valence-corrected chi connectivity index (χ3v) is 4.03. The third kappa shape index (κ3) is 4.68. The van der Waals surface area contributed by atoms with Crippen LogP contribution < -0.4 is 0 Å². The molecule has 1 N–H and O–H groups in total. The number of aryl methyl sites for hydroxylation is 1. The number of methoxy groups -OCH3 is 2. The lowest BCUT2D eigenvalue weighted by Gasteiger charge is -2.35. The van der Waals surface area contributed by atoms with Crippen LogP contribution in [0, 0.1) is 6.92 Å². The summed E-state index contributed by atoms with van der Waals surface area (Å²) in [7, 11) is 3.34. The fourth-order valence-electron chi connectivity index (χ4n) is 2.67. The number of hydrogen-bond donors (Lipinski definition) is 1. The van der Waals surface area contributed by atoms with E-state index in [2.05, 4.69) is 22.8 Å². The van der Waals surface area contributed by atoms with E-state index in [1.165, 1.54) is 5.56 Å². The average Bonchev–Trinajstić information content (AvgIpc) is 2.50. The summed E-state index contributed by atoms with van der Waals surface area (Å²) >= 11 is 0. The summed E-state index contributed by atoms with van der Waals surface area (Å²) in [4.78, 5) is 4.73. The summed E-state index contributed by atoms with van der Waals surface area (Å²) in [5, 5.41) is 9.93. The Bertz CT molecular complexity index is 441. The predicted molar refractivity (Wildman–Crippen MR) is 82.4 cm³/mol. The molecule has 0 bridgehead atoms. The number of hydrogen-bond acceptors (Lipinski definition) is 5. The molecule has 1 aromatic rings. The van der Waals surface area contributed by atoms with E-state index in [9.17, 15) is 5.11 Å². The van der Waals surface area contributed by atoms with Crippen molar-refractivity contribution >= 4 is 0 Å². The van der Waals surface area contributed by atoms with Crippen LogP contribution in [-0.2, 0) is 16.0 Å². The van der Waals surface area contributed by atoms with Gasteiger partial charge in [-0.05, 0) is 13.0 Å². The van der Waals surface area contributed by atoms with Gasteiger partial charge in [0.2, 0.25) is 0 Å². The highest BCUT2D eigenvalue weighted by Gasteiger charge is 2.20. The van der Waals surface area contributed by atoms with Gasteiger partial charge in [0.15, 0.2) is 6.29 Å². The SMILES string of the molecule is COC(CN1CCN(Cc2cc(C)ccc2O)CC1)OC. The summed E-state index contributed by atoms with van der Waals surface area (Å²) in [5.74, 6) is 0.391. The van der Waals surface area contributed by atoms with Crippen LogP contribution in [0.2, 0.25) is 0 Å². The molecular weight excluding hydrogens is 268 g/mol. The van der Waals surface area contributed by atoms with Crippen molar-refractivity contribution in [3.8, 4) is 5.75 Å². The molecule has 0 aromatic heterocycles. The molecule has 2 rings (SSSR count). The van der Waals surface area contributed by atoms with E-state index in [1.807, 2.05) is 6.07 Å². The minimum absolute atomic E-state index is 0.155. The number of nitrogens with zero attached hydrogens (tertiary/aromatic N) is 2. The molecule has 0 amide bonds. The maximum absolute atomic E-state index is 9.93. The fourth-order valence-corrected chi connectivity index (χ4v) is 2.67. The molecular formula is C16H26N2O3. The molecule has 118 valence electrons. The van der Waals surface area contributed by atoms with Crippen LogP contribution in [0.15, 0.2) is 18.2 Å². The molecule has 1 aliphatic rings. The zero-order valence-corrected chi connectivity index (χ0v) is 13.2. The van der Waals surface area contributed by atoms with Crippen molar-refractivity contribution in [3.63, 3.8) is 0 Å².